The fraction of sp³-hybridized carbons (Fsp3) is 0.838. The van der Waals surface area contributed by atoms with Crippen molar-refractivity contribution in [1.82, 2.24) is 4.90 Å². The first-order valence-electron chi connectivity index (χ1n) is 17.7. The van der Waals surface area contributed by atoms with Gasteiger partial charge in [-0.05, 0) is 56.0 Å². The maximum Gasteiger partial charge on any atom is 0.123 e. The van der Waals surface area contributed by atoms with E-state index in [4.69, 9.17) is 9.47 Å². The molecule has 0 aliphatic rings. The molecule has 1 aromatic carbocycles. The van der Waals surface area contributed by atoms with E-state index in [1.807, 2.05) is 0 Å². The van der Waals surface area contributed by atoms with Crippen LogP contribution >= 0.6 is 0 Å². The smallest absolute Gasteiger partial charge is 0.123 e. The Hall–Kier alpha value is -1.22. The Labute approximate surface area is 251 Å². The minimum atomic E-state index is 0.507. The van der Waals surface area contributed by atoms with Gasteiger partial charge in [0.05, 0.1) is 13.2 Å². The number of rotatable bonds is 28. The number of nitrogens with zero attached hydrogens (tertiary/aromatic N) is 1. The Kier molecular flexibility index (Phi) is 23.5. The molecule has 0 bridgehead atoms. The molecular weight excluding hydrogens is 490 g/mol. The van der Waals surface area contributed by atoms with E-state index < -0.39 is 0 Å². The van der Waals surface area contributed by atoms with Gasteiger partial charge in [-0.15, -0.1) is 0 Å². The molecule has 1 aromatic rings. The predicted molar refractivity (Wildman–Crippen MR) is 177 cm³/mol. The van der Waals surface area contributed by atoms with Gasteiger partial charge in [0.25, 0.3) is 0 Å². The largest absolute Gasteiger partial charge is 0.493 e. The monoisotopic (exact) mass is 560 g/mol. The van der Waals surface area contributed by atoms with Gasteiger partial charge in [0, 0.05) is 18.5 Å². The molecule has 0 aliphatic carbocycles. The van der Waals surface area contributed by atoms with Gasteiger partial charge in [-0.1, -0.05) is 138 Å². The van der Waals surface area contributed by atoms with Crippen molar-refractivity contribution in [2.75, 3.05) is 32.8 Å². The topological polar surface area (TPSA) is 21.7 Å². The molecule has 0 heterocycles. The quantitative estimate of drug-likeness (QED) is 0.0953. The highest BCUT2D eigenvalue weighted by molar-refractivity contribution is 5.38. The van der Waals surface area contributed by atoms with E-state index in [1.165, 1.54) is 115 Å². The van der Waals surface area contributed by atoms with Crippen molar-refractivity contribution in [3.63, 3.8) is 0 Å². The van der Waals surface area contributed by atoms with Gasteiger partial charge in [0.2, 0.25) is 0 Å². The second-order valence-corrected chi connectivity index (χ2v) is 12.4. The van der Waals surface area contributed by atoms with Gasteiger partial charge >= 0.3 is 0 Å². The van der Waals surface area contributed by atoms with Crippen LogP contribution < -0.4 is 9.47 Å². The highest BCUT2D eigenvalue weighted by Crippen LogP contribution is 2.26. The molecule has 0 spiro atoms. The summed E-state index contributed by atoms with van der Waals surface area (Å²) in [4.78, 5) is 2.48. The summed E-state index contributed by atoms with van der Waals surface area (Å²) in [6.45, 7) is 18.5. The summed E-state index contributed by atoms with van der Waals surface area (Å²) >= 11 is 0. The Morgan fingerprint density at radius 2 is 1.10 bits per heavy atom. The van der Waals surface area contributed by atoms with Crippen LogP contribution in [0.3, 0.4) is 0 Å². The fourth-order valence-electron chi connectivity index (χ4n) is 5.61. The van der Waals surface area contributed by atoms with Crippen molar-refractivity contribution >= 4 is 0 Å². The number of aryl methyl sites for hydroxylation is 1. The predicted octanol–water partition coefficient (Wildman–Crippen LogP) is 11.3. The van der Waals surface area contributed by atoms with Gasteiger partial charge in [-0.2, -0.15) is 0 Å². The van der Waals surface area contributed by atoms with Crippen LogP contribution in [0.2, 0.25) is 0 Å². The maximum atomic E-state index is 6.37. The van der Waals surface area contributed by atoms with Crippen LogP contribution in [0.5, 0.6) is 11.5 Å². The SMILES string of the molecule is CCCCCCCCCCCCCCCc1cc(OCC(C)CN(CC)CC)cc(OCC(CC)CCCC)c1. The molecule has 0 aliphatic heterocycles. The molecule has 0 amide bonds. The summed E-state index contributed by atoms with van der Waals surface area (Å²) < 4.78 is 12.7. The zero-order chi connectivity index (χ0) is 29.3. The molecule has 0 saturated heterocycles. The molecule has 2 unspecified atom stereocenters. The van der Waals surface area contributed by atoms with Crippen LogP contribution in [-0.2, 0) is 6.42 Å². The van der Waals surface area contributed by atoms with Gasteiger partial charge < -0.3 is 14.4 Å². The standard InChI is InChI=1S/C37H69NO2/c1-7-12-14-15-16-17-18-19-20-21-22-23-24-26-35-27-36(39-31-33(6)30-38(10-4)11-5)29-37(28-35)40-32-34(9-3)25-13-8-2/h27-29,33-34H,7-26,30-32H2,1-6H3. The summed E-state index contributed by atoms with van der Waals surface area (Å²) in [6.07, 6.45) is 24.3. The summed E-state index contributed by atoms with van der Waals surface area (Å²) in [6, 6.07) is 6.68. The molecule has 40 heavy (non-hydrogen) atoms. The lowest BCUT2D eigenvalue weighted by Gasteiger charge is -2.23. The minimum absolute atomic E-state index is 0.507. The first kappa shape index (κ1) is 36.8. The van der Waals surface area contributed by atoms with Crippen molar-refractivity contribution in [3.8, 4) is 11.5 Å². The lowest BCUT2D eigenvalue weighted by atomic mass is 10.0. The Morgan fingerprint density at radius 1 is 0.600 bits per heavy atom. The van der Waals surface area contributed by atoms with Gasteiger partial charge in [-0.3, -0.25) is 0 Å². The third-order valence-corrected chi connectivity index (χ3v) is 8.54. The van der Waals surface area contributed by atoms with Gasteiger partial charge in [-0.25, -0.2) is 0 Å². The lowest BCUT2D eigenvalue weighted by molar-refractivity contribution is 0.194. The van der Waals surface area contributed by atoms with E-state index in [0.29, 0.717) is 11.8 Å². The van der Waals surface area contributed by atoms with Crippen LogP contribution in [-0.4, -0.2) is 37.7 Å². The molecule has 0 N–H and O–H groups in total. The van der Waals surface area contributed by atoms with Crippen LogP contribution in [0.4, 0.5) is 0 Å². The molecule has 3 nitrogen and oxygen atoms in total. The van der Waals surface area contributed by atoms with Crippen LogP contribution in [0.25, 0.3) is 0 Å². The summed E-state index contributed by atoms with van der Waals surface area (Å²) in [7, 11) is 0. The van der Waals surface area contributed by atoms with E-state index in [1.54, 1.807) is 0 Å². The Bertz CT molecular complexity index is 687. The van der Waals surface area contributed by atoms with Crippen LogP contribution in [0, 0.1) is 11.8 Å². The maximum absolute atomic E-state index is 6.37. The van der Waals surface area contributed by atoms with Crippen molar-refractivity contribution in [1.29, 1.82) is 0 Å². The molecule has 3 heteroatoms. The molecule has 0 aromatic heterocycles. The van der Waals surface area contributed by atoms with Crippen molar-refractivity contribution in [2.45, 2.75) is 157 Å². The first-order valence-corrected chi connectivity index (χ1v) is 17.7. The summed E-state index contributed by atoms with van der Waals surface area (Å²) in [5.41, 5.74) is 1.37. The number of hydrogen-bond donors (Lipinski definition) is 0. The molecular formula is C37H69NO2. The minimum Gasteiger partial charge on any atom is -0.493 e. The Morgan fingerprint density at radius 3 is 1.60 bits per heavy atom. The molecule has 0 radical (unpaired) electrons. The van der Waals surface area contributed by atoms with Crippen molar-refractivity contribution in [2.24, 2.45) is 11.8 Å². The second-order valence-electron chi connectivity index (χ2n) is 12.4. The molecule has 1 rings (SSSR count). The lowest BCUT2D eigenvalue weighted by Crippen LogP contribution is -2.30. The second kappa shape index (κ2) is 25.5. The van der Waals surface area contributed by atoms with E-state index in [9.17, 15) is 0 Å². The molecule has 234 valence electrons. The van der Waals surface area contributed by atoms with E-state index >= 15 is 0 Å². The van der Waals surface area contributed by atoms with Crippen molar-refractivity contribution < 1.29 is 9.47 Å². The highest BCUT2D eigenvalue weighted by Gasteiger charge is 2.12. The van der Waals surface area contributed by atoms with E-state index in [0.717, 1.165) is 50.8 Å². The Balaban J connectivity index is 2.51. The third-order valence-electron chi connectivity index (χ3n) is 8.54. The molecule has 0 fully saturated rings. The van der Waals surface area contributed by atoms with Crippen molar-refractivity contribution in [3.05, 3.63) is 23.8 Å². The average molecular weight is 560 g/mol. The number of hydrogen-bond acceptors (Lipinski definition) is 3. The number of benzene rings is 1. The van der Waals surface area contributed by atoms with Crippen LogP contribution in [0.1, 0.15) is 156 Å². The van der Waals surface area contributed by atoms with E-state index in [-0.39, 0.29) is 0 Å². The van der Waals surface area contributed by atoms with Crippen LogP contribution in [0.15, 0.2) is 18.2 Å². The fourth-order valence-corrected chi connectivity index (χ4v) is 5.61. The zero-order valence-corrected chi connectivity index (χ0v) is 27.9. The number of unbranched alkanes of at least 4 members (excludes halogenated alkanes) is 13. The molecule has 0 saturated carbocycles. The highest BCUT2D eigenvalue weighted by atomic mass is 16.5. The number of ether oxygens (including phenoxy) is 2. The van der Waals surface area contributed by atoms with E-state index in [2.05, 4.69) is 64.6 Å². The normalized spacial score (nSPS) is 13.1. The zero-order valence-electron chi connectivity index (χ0n) is 27.9. The third kappa shape index (κ3) is 19.0. The summed E-state index contributed by atoms with van der Waals surface area (Å²) in [5, 5.41) is 0. The summed E-state index contributed by atoms with van der Waals surface area (Å²) in [5.74, 6) is 3.12. The first-order chi connectivity index (χ1) is 19.6. The molecule has 2 atom stereocenters. The van der Waals surface area contributed by atoms with Gasteiger partial charge in [0.1, 0.15) is 11.5 Å². The van der Waals surface area contributed by atoms with Gasteiger partial charge in [0.15, 0.2) is 0 Å². The average Bonchev–Trinajstić information content (AvgIpc) is 2.97.